The van der Waals surface area contributed by atoms with Crippen molar-refractivity contribution in [3.63, 3.8) is 0 Å². The zero-order valence-electron chi connectivity index (χ0n) is 32.7. The van der Waals surface area contributed by atoms with Crippen molar-refractivity contribution in [1.82, 2.24) is 0 Å². The number of carbonyl (C=O) groups excluding carboxylic acids is 6. The molecule has 5 aromatic rings. The van der Waals surface area contributed by atoms with Crippen LogP contribution in [0, 0.1) is 13.8 Å². The van der Waals surface area contributed by atoms with E-state index >= 15 is 0 Å². The molecule has 0 aliphatic rings. The number of anilines is 4. The van der Waals surface area contributed by atoms with E-state index in [0.717, 1.165) is 13.8 Å². The molecule has 0 aliphatic carbocycles. The number of para-hydroxylation sites is 2. The van der Waals surface area contributed by atoms with Gasteiger partial charge < -0.3 is 21.3 Å². The SMILES string of the molecule is CC(=O)C(N=Nc1cccc(C(=O)Nc2c(Cl)cccc2Cl)c1Cl)C(=O)Nc1cc(C)c(NC(=O)C(N=Nc2cccc(C(=O)Nc3c(Cl)cccc3Cl)c2Cl)C(C)=O)cc1C. The van der Waals surface area contributed by atoms with Crippen LogP contribution in [-0.4, -0.2) is 47.3 Å². The van der Waals surface area contributed by atoms with Crippen LogP contribution in [0.15, 0.2) is 105 Å². The van der Waals surface area contributed by atoms with Crippen LogP contribution in [-0.2, 0) is 19.2 Å². The van der Waals surface area contributed by atoms with E-state index in [4.69, 9.17) is 69.6 Å². The molecule has 318 valence electrons. The number of benzene rings is 5. The number of nitrogens with zero attached hydrogens (tertiary/aromatic N) is 4. The molecule has 5 aromatic carbocycles. The fourth-order valence-corrected chi connectivity index (χ4v) is 6.99. The first-order valence-electron chi connectivity index (χ1n) is 18.0. The highest BCUT2D eigenvalue weighted by Gasteiger charge is 2.27. The molecule has 62 heavy (non-hydrogen) atoms. The Balaban J connectivity index is 1.28. The Morgan fingerprint density at radius 2 is 0.806 bits per heavy atom. The molecule has 4 amide bonds. The third-order valence-electron chi connectivity index (χ3n) is 8.76. The number of aryl methyl sites for hydroxylation is 2. The zero-order valence-corrected chi connectivity index (χ0v) is 37.3. The number of azo groups is 2. The molecule has 0 fully saturated rings. The van der Waals surface area contributed by atoms with Crippen molar-refractivity contribution in [2.24, 2.45) is 20.5 Å². The Bertz CT molecular complexity index is 2490. The van der Waals surface area contributed by atoms with Crippen molar-refractivity contribution in [2.45, 2.75) is 39.8 Å². The summed E-state index contributed by atoms with van der Waals surface area (Å²) in [6.45, 7) is 5.58. The molecule has 2 atom stereocenters. The Labute approximate surface area is 384 Å². The summed E-state index contributed by atoms with van der Waals surface area (Å²) in [5.74, 6) is -4.25. The number of halogens is 6. The maximum absolute atomic E-state index is 13.4. The third-order valence-corrected chi connectivity index (χ3v) is 10.8. The van der Waals surface area contributed by atoms with Crippen LogP contribution in [0.3, 0.4) is 0 Å². The van der Waals surface area contributed by atoms with Crippen molar-refractivity contribution in [2.75, 3.05) is 21.3 Å². The number of amides is 4. The number of Topliss-reactive ketones (excluding diaryl/α,β-unsaturated/α-hetero) is 2. The van der Waals surface area contributed by atoms with Gasteiger partial charge in [0.2, 0.25) is 12.1 Å². The zero-order chi connectivity index (χ0) is 45.4. The molecule has 0 aromatic heterocycles. The molecule has 4 N–H and O–H groups in total. The molecule has 0 radical (unpaired) electrons. The van der Waals surface area contributed by atoms with Crippen LogP contribution < -0.4 is 21.3 Å². The van der Waals surface area contributed by atoms with E-state index in [9.17, 15) is 28.8 Å². The molecule has 0 saturated carbocycles. The van der Waals surface area contributed by atoms with E-state index < -0.39 is 47.3 Å². The second-order valence-corrected chi connectivity index (χ2v) is 15.7. The van der Waals surface area contributed by atoms with Crippen LogP contribution >= 0.6 is 69.6 Å². The van der Waals surface area contributed by atoms with Crippen LogP contribution in [0.1, 0.15) is 45.7 Å². The number of hydrogen-bond donors (Lipinski definition) is 4. The lowest BCUT2D eigenvalue weighted by atomic mass is 10.1. The lowest BCUT2D eigenvalue weighted by Crippen LogP contribution is -2.32. The van der Waals surface area contributed by atoms with Crippen molar-refractivity contribution in [1.29, 1.82) is 0 Å². The first-order valence-corrected chi connectivity index (χ1v) is 20.3. The standard InChI is InChI=1S/C42H32Cl6N8O6/c1-19-17-32(50-42(62)36(22(4)58)56-54-30-16-6-10-24(34(30)48)40(60)52-38-27(45)13-8-14-28(38)46)20(2)18-31(19)49-41(61)35(21(3)57)55-53-29-15-5-9-23(33(29)47)39(59)51-37-25(43)11-7-12-26(37)44/h5-18,35-36H,1-4H3,(H,49,61)(H,50,62)(H,51,59)(H,52,60). The van der Waals surface area contributed by atoms with Gasteiger partial charge in [-0.25, -0.2) is 0 Å². The second-order valence-electron chi connectivity index (χ2n) is 13.3. The number of ketones is 2. The molecular formula is C42H32Cl6N8O6. The molecule has 20 heteroatoms. The van der Waals surface area contributed by atoms with Gasteiger partial charge in [0.05, 0.1) is 52.6 Å². The molecule has 14 nitrogen and oxygen atoms in total. The average Bonchev–Trinajstić information content (AvgIpc) is 3.20. The predicted molar refractivity (Wildman–Crippen MR) is 243 cm³/mol. The molecule has 0 heterocycles. The van der Waals surface area contributed by atoms with Gasteiger partial charge >= 0.3 is 0 Å². The van der Waals surface area contributed by atoms with Gasteiger partial charge in [0, 0.05) is 11.4 Å². The Kier molecular flexibility index (Phi) is 15.9. The monoisotopic (exact) mass is 954 g/mol. The number of nitrogens with one attached hydrogen (secondary N) is 4. The summed E-state index contributed by atoms with van der Waals surface area (Å²) in [5, 5.41) is 27.0. The summed E-state index contributed by atoms with van der Waals surface area (Å²) in [5.41, 5.74) is 1.82. The summed E-state index contributed by atoms with van der Waals surface area (Å²) in [6, 6.07) is 18.0. The normalized spacial score (nSPS) is 12.2. The maximum Gasteiger partial charge on any atom is 0.258 e. The summed E-state index contributed by atoms with van der Waals surface area (Å²) in [6.07, 6.45) is 0. The van der Waals surface area contributed by atoms with Crippen molar-refractivity contribution < 1.29 is 28.8 Å². The smallest absolute Gasteiger partial charge is 0.258 e. The van der Waals surface area contributed by atoms with E-state index in [-0.39, 0.29) is 75.4 Å². The number of carbonyl (C=O) groups is 6. The minimum absolute atomic E-state index is 0.00139. The Hall–Kier alpha value is -5.74. The van der Waals surface area contributed by atoms with E-state index in [2.05, 4.69) is 41.7 Å². The highest BCUT2D eigenvalue weighted by molar-refractivity contribution is 6.42. The molecule has 0 bridgehead atoms. The van der Waals surface area contributed by atoms with Gasteiger partial charge in [-0.2, -0.15) is 20.5 Å². The quantitative estimate of drug-likeness (QED) is 0.0630. The highest BCUT2D eigenvalue weighted by Crippen LogP contribution is 2.35. The average molecular weight is 957 g/mol. The third kappa shape index (κ3) is 11.4. The van der Waals surface area contributed by atoms with Gasteiger partial charge in [-0.1, -0.05) is 93.9 Å². The lowest BCUT2D eigenvalue weighted by Gasteiger charge is -2.16. The fourth-order valence-electron chi connectivity index (χ4n) is 5.51. The van der Waals surface area contributed by atoms with E-state index in [1.807, 2.05) is 0 Å². The van der Waals surface area contributed by atoms with Crippen molar-refractivity contribution >= 4 is 139 Å². The van der Waals surface area contributed by atoms with Gasteiger partial charge in [0.25, 0.3) is 23.6 Å². The van der Waals surface area contributed by atoms with Gasteiger partial charge in [0.15, 0.2) is 11.6 Å². The first-order chi connectivity index (χ1) is 29.4. The summed E-state index contributed by atoms with van der Waals surface area (Å²) in [4.78, 5) is 78.1. The molecule has 0 spiro atoms. The summed E-state index contributed by atoms with van der Waals surface area (Å²) >= 11 is 37.7. The van der Waals surface area contributed by atoms with E-state index in [1.165, 1.54) is 48.5 Å². The highest BCUT2D eigenvalue weighted by atomic mass is 35.5. The van der Waals surface area contributed by atoms with Crippen LogP contribution in [0.2, 0.25) is 30.1 Å². The largest absolute Gasteiger partial charge is 0.324 e. The van der Waals surface area contributed by atoms with Crippen LogP contribution in [0.25, 0.3) is 0 Å². The summed E-state index contributed by atoms with van der Waals surface area (Å²) in [7, 11) is 0. The minimum Gasteiger partial charge on any atom is -0.324 e. The topological polar surface area (TPSA) is 200 Å². The fraction of sp³-hybridized carbons (Fsp3) is 0.143. The van der Waals surface area contributed by atoms with Crippen LogP contribution in [0.4, 0.5) is 34.1 Å². The first kappa shape index (κ1) is 47.3. The molecule has 2 unspecified atom stereocenters. The lowest BCUT2D eigenvalue weighted by molar-refractivity contribution is -0.127. The van der Waals surface area contributed by atoms with Gasteiger partial charge in [-0.3, -0.25) is 28.8 Å². The van der Waals surface area contributed by atoms with E-state index in [1.54, 1.807) is 50.2 Å². The van der Waals surface area contributed by atoms with Gasteiger partial charge in [0.1, 0.15) is 11.4 Å². The maximum atomic E-state index is 13.4. The van der Waals surface area contributed by atoms with Gasteiger partial charge in [-0.15, -0.1) is 0 Å². The molecule has 5 rings (SSSR count). The van der Waals surface area contributed by atoms with Gasteiger partial charge in [-0.05, 0) is 99.5 Å². The molecule has 0 saturated heterocycles. The Morgan fingerprint density at radius 3 is 1.13 bits per heavy atom. The Morgan fingerprint density at radius 1 is 0.484 bits per heavy atom. The molecule has 0 aliphatic heterocycles. The summed E-state index contributed by atoms with van der Waals surface area (Å²) < 4.78 is 0. The van der Waals surface area contributed by atoms with Crippen LogP contribution in [0.5, 0.6) is 0 Å². The predicted octanol–water partition coefficient (Wildman–Crippen LogP) is 12.1. The second kappa shape index (κ2) is 20.9. The minimum atomic E-state index is -1.62. The number of hydrogen-bond acceptors (Lipinski definition) is 10. The molecular weight excluding hydrogens is 925 g/mol. The van der Waals surface area contributed by atoms with E-state index in [0.29, 0.717) is 11.1 Å². The number of rotatable bonds is 14. The van der Waals surface area contributed by atoms with Crippen molar-refractivity contribution in [3.8, 4) is 0 Å². The van der Waals surface area contributed by atoms with Crippen molar-refractivity contribution in [3.05, 3.63) is 137 Å².